The zero-order chi connectivity index (χ0) is 42.0. The number of esters is 2. The molecular weight excluding hydrogens is 753 g/mol. The predicted octanol–water partition coefficient (Wildman–Crippen LogP) is 8.61. The van der Waals surface area contributed by atoms with Gasteiger partial charge in [-0.3, -0.25) is 14.1 Å². The number of carbonyl (C=O) groups is 2. The zero-order valence-electron chi connectivity index (χ0n) is 35.2. The van der Waals surface area contributed by atoms with Crippen LogP contribution < -0.4 is 0 Å². The molecule has 0 bridgehead atoms. The average molecular weight is 831 g/mol. The van der Waals surface area contributed by atoms with Crippen LogP contribution in [0.1, 0.15) is 174 Å². The van der Waals surface area contributed by atoms with Crippen LogP contribution in [-0.2, 0) is 38.7 Å². The number of aliphatic hydroxyl groups excluding tert-OH is 3. The van der Waals surface area contributed by atoms with E-state index in [2.05, 4.69) is 38.2 Å². The van der Waals surface area contributed by atoms with E-state index in [0.29, 0.717) is 12.8 Å². The molecule has 4 N–H and O–H groups in total. The van der Waals surface area contributed by atoms with E-state index >= 15 is 0 Å². The fraction of sp³-hybridized carbons (Fsp3) is 0.818. The molecule has 12 nitrogen and oxygen atoms in total. The van der Waals surface area contributed by atoms with Crippen molar-refractivity contribution < 1.29 is 56.8 Å². The van der Waals surface area contributed by atoms with E-state index in [9.17, 15) is 37.9 Å². The summed E-state index contributed by atoms with van der Waals surface area (Å²) in [6.07, 6.45) is 29.2. The summed E-state index contributed by atoms with van der Waals surface area (Å²) in [5.74, 6) is -2.08. The third-order valence-corrected chi connectivity index (χ3v) is 10.7. The molecule has 0 amide bonds. The normalized spacial score (nSPS) is 20.8. The van der Waals surface area contributed by atoms with E-state index in [1.54, 1.807) is 0 Å². The summed E-state index contributed by atoms with van der Waals surface area (Å²) in [6.45, 7) is 3.68. The Kier molecular flexibility index (Phi) is 32.2. The van der Waals surface area contributed by atoms with Gasteiger partial charge in [0.1, 0.15) is 36.8 Å². The number of ether oxygens (including phenoxy) is 4. The SMILES string of the molecule is CCCCCCCC/C=C/C/C=C/CCC(=O)OC(COC(=O)CCCCCCC/C=C/CCCCCCCCC)CO[C@H]1O[C@H](CS(=O)(=O)O)[C@@H](O)C(O)C1O. The highest BCUT2D eigenvalue weighted by atomic mass is 32.2. The maximum Gasteiger partial charge on any atom is 0.306 e. The minimum absolute atomic E-state index is 0.0568. The zero-order valence-corrected chi connectivity index (χ0v) is 36.0. The standard InChI is InChI=1S/C44H78O12S/c1-3-5-7-9-11-13-15-17-18-19-21-22-24-26-28-30-32-39(45)53-34-37(35-54-44-43(49)42(48)41(47)38(56-44)36-57(50,51)52)55-40(46)33-31-29-27-25-23-20-16-14-12-10-8-6-4-2/h18-20,23,27,29,37-38,41-44,47-49H,3-17,21-22,24-26,28,30-36H2,1-2H3,(H,50,51,52)/b19-18+,23-20+,29-27+/t37?,38-,41-,42?,43?,44+/m1/s1. The van der Waals surface area contributed by atoms with Crippen LogP contribution >= 0.6 is 0 Å². The van der Waals surface area contributed by atoms with Crippen molar-refractivity contribution in [1.29, 1.82) is 0 Å². The number of allylic oxidation sites excluding steroid dienone is 6. The van der Waals surface area contributed by atoms with Gasteiger partial charge < -0.3 is 34.3 Å². The van der Waals surface area contributed by atoms with Gasteiger partial charge in [-0.05, 0) is 57.8 Å². The van der Waals surface area contributed by atoms with Gasteiger partial charge in [-0.15, -0.1) is 0 Å². The molecule has 1 saturated heterocycles. The number of aliphatic hydroxyl groups is 3. The van der Waals surface area contributed by atoms with Gasteiger partial charge in [-0.2, -0.15) is 8.42 Å². The summed E-state index contributed by atoms with van der Waals surface area (Å²) in [4.78, 5) is 25.3. The third kappa shape index (κ3) is 29.7. The van der Waals surface area contributed by atoms with Crippen molar-refractivity contribution in [2.45, 2.75) is 211 Å². The second kappa shape index (κ2) is 34.7. The van der Waals surface area contributed by atoms with Crippen LogP contribution in [0, 0.1) is 0 Å². The van der Waals surface area contributed by atoms with Gasteiger partial charge >= 0.3 is 11.9 Å². The minimum Gasteiger partial charge on any atom is -0.462 e. The molecule has 0 aromatic carbocycles. The molecule has 3 unspecified atom stereocenters. The maximum absolute atomic E-state index is 12.7. The largest absolute Gasteiger partial charge is 0.462 e. The molecule has 0 saturated carbocycles. The van der Waals surface area contributed by atoms with Crippen LogP contribution in [0.3, 0.4) is 0 Å². The van der Waals surface area contributed by atoms with E-state index in [-0.39, 0.29) is 19.4 Å². The second-order valence-electron chi connectivity index (χ2n) is 15.4. The van der Waals surface area contributed by atoms with E-state index in [1.807, 2.05) is 12.2 Å². The molecule has 6 atom stereocenters. The second-order valence-corrected chi connectivity index (χ2v) is 16.9. The fourth-order valence-electron chi connectivity index (χ4n) is 6.49. The molecule has 57 heavy (non-hydrogen) atoms. The van der Waals surface area contributed by atoms with Gasteiger partial charge in [-0.25, -0.2) is 0 Å². The van der Waals surface area contributed by atoms with E-state index < -0.39 is 71.2 Å². The number of rotatable bonds is 36. The van der Waals surface area contributed by atoms with E-state index in [0.717, 1.165) is 51.4 Å². The topological polar surface area (TPSA) is 186 Å². The van der Waals surface area contributed by atoms with Crippen molar-refractivity contribution in [2.24, 2.45) is 0 Å². The Morgan fingerprint density at radius 2 is 1.09 bits per heavy atom. The molecule has 13 heteroatoms. The predicted molar refractivity (Wildman–Crippen MR) is 224 cm³/mol. The van der Waals surface area contributed by atoms with E-state index in [1.165, 1.54) is 83.5 Å². The Morgan fingerprint density at radius 1 is 0.596 bits per heavy atom. The molecule has 0 aromatic rings. The van der Waals surface area contributed by atoms with Crippen LogP contribution in [0.4, 0.5) is 0 Å². The smallest absolute Gasteiger partial charge is 0.306 e. The van der Waals surface area contributed by atoms with Gasteiger partial charge in [0.25, 0.3) is 10.1 Å². The van der Waals surface area contributed by atoms with Crippen molar-refractivity contribution in [2.75, 3.05) is 19.0 Å². The number of hydrogen-bond acceptors (Lipinski definition) is 11. The summed E-state index contributed by atoms with van der Waals surface area (Å²) in [7, 11) is -4.61. The first-order valence-corrected chi connectivity index (χ1v) is 23.7. The monoisotopic (exact) mass is 831 g/mol. The third-order valence-electron chi connectivity index (χ3n) is 9.96. The summed E-state index contributed by atoms with van der Waals surface area (Å²) >= 11 is 0. The molecule has 1 aliphatic rings. The van der Waals surface area contributed by atoms with Gasteiger partial charge in [-0.1, -0.05) is 140 Å². The molecule has 0 radical (unpaired) electrons. The van der Waals surface area contributed by atoms with Crippen molar-refractivity contribution in [3.63, 3.8) is 0 Å². The minimum atomic E-state index is -4.61. The van der Waals surface area contributed by atoms with Gasteiger partial charge in [0.2, 0.25) is 0 Å². The molecule has 1 fully saturated rings. The Hall–Kier alpha value is -2.13. The lowest BCUT2D eigenvalue weighted by Gasteiger charge is -2.40. The quantitative estimate of drug-likeness (QED) is 0.0204. The van der Waals surface area contributed by atoms with Crippen LogP contribution in [0.2, 0.25) is 0 Å². The van der Waals surface area contributed by atoms with Crippen molar-refractivity contribution in [3.05, 3.63) is 36.5 Å². The summed E-state index contributed by atoms with van der Waals surface area (Å²) in [5.41, 5.74) is 0. The first-order chi connectivity index (χ1) is 27.5. The number of unbranched alkanes of at least 4 members (excludes halogenated alkanes) is 18. The van der Waals surface area contributed by atoms with Gasteiger partial charge in [0.05, 0.1) is 6.61 Å². The fourth-order valence-corrected chi connectivity index (χ4v) is 7.18. The molecule has 0 spiro atoms. The molecule has 332 valence electrons. The number of carbonyl (C=O) groups excluding carboxylic acids is 2. The van der Waals surface area contributed by atoms with Crippen LogP contribution in [0.15, 0.2) is 36.5 Å². The first-order valence-electron chi connectivity index (χ1n) is 22.0. The highest BCUT2D eigenvalue weighted by Crippen LogP contribution is 2.24. The van der Waals surface area contributed by atoms with Crippen molar-refractivity contribution in [1.82, 2.24) is 0 Å². The Bertz CT molecular complexity index is 1200. The first kappa shape index (κ1) is 52.9. The molecular formula is C44H78O12S. The highest BCUT2D eigenvalue weighted by molar-refractivity contribution is 7.85. The molecule has 1 rings (SSSR count). The Labute approximate surface area is 344 Å². The maximum atomic E-state index is 12.7. The summed E-state index contributed by atoms with van der Waals surface area (Å²) in [6, 6.07) is 0. The van der Waals surface area contributed by atoms with E-state index in [4.69, 9.17) is 18.9 Å². The Balaban J connectivity index is 2.50. The lowest BCUT2D eigenvalue weighted by molar-refractivity contribution is -0.297. The lowest BCUT2D eigenvalue weighted by Crippen LogP contribution is -2.60. The molecule has 1 heterocycles. The van der Waals surface area contributed by atoms with Gasteiger partial charge in [0.15, 0.2) is 12.4 Å². The lowest BCUT2D eigenvalue weighted by atomic mass is 10.00. The van der Waals surface area contributed by atoms with Crippen LogP contribution in [0.5, 0.6) is 0 Å². The molecule has 0 aliphatic carbocycles. The molecule has 1 aliphatic heterocycles. The van der Waals surface area contributed by atoms with Crippen LogP contribution in [-0.4, -0.2) is 96.0 Å². The average Bonchev–Trinajstić information content (AvgIpc) is 3.17. The van der Waals surface area contributed by atoms with Crippen molar-refractivity contribution in [3.8, 4) is 0 Å². The molecule has 0 aromatic heterocycles. The van der Waals surface area contributed by atoms with Gasteiger partial charge in [0, 0.05) is 12.8 Å². The highest BCUT2D eigenvalue weighted by Gasteiger charge is 2.46. The summed E-state index contributed by atoms with van der Waals surface area (Å²) < 4.78 is 53.9. The van der Waals surface area contributed by atoms with Crippen molar-refractivity contribution >= 4 is 22.1 Å². The van der Waals surface area contributed by atoms with Crippen LogP contribution in [0.25, 0.3) is 0 Å². The number of hydrogen-bond donors (Lipinski definition) is 4. The Morgan fingerprint density at radius 3 is 1.63 bits per heavy atom. The summed E-state index contributed by atoms with van der Waals surface area (Å²) in [5, 5.41) is 30.8.